The molecule has 0 unspecified atom stereocenters. The zero-order valence-electron chi connectivity index (χ0n) is 9.38. The highest BCUT2D eigenvalue weighted by molar-refractivity contribution is 4.85. The van der Waals surface area contributed by atoms with Gasteiger partial charge in [-0.25, -0.2) is 4.39 Å². The molecule has 0 bridgehead atoms. The molecule has 1 heterocycles. The van der Waals surface area contributed by atoms with Gasteiger partial charge in [0.05, 0.1) is 0 Å². The first kappa shape index (κ1) is 10.4. The maximum Gasteiger partial charge on any atom is 0.114 e. The van der Waals surface area contributed by atoms with Crippen LogP contribution in [-0.2, 0) is 0 Å². The van der Waals surface area contributed by atoms with Crippen LogP contribution in [0.4, 0.5) is 4.39 Å². The number of alkyl halides is 1. The zero-order chi connectivity index (χ0) is 10.1. The molecule has 82 valence electrons. The average Bonchev–Trinajstić information content (AvgIpc) is 2.42. The minimum atomic E-state index is -0.545. The van der Waals surface area contributed by atoms with Gasteiger partial charge in [0.15, 0.2) is 0 Å². The van der Waals surface area contributed by atoms with Crippen LogP contribution in [0.25, 0.3) is 0 Å². The normalized spacial score (nSPS) is 39.0. The zero-order valence-corrected chi connectivity index (χ0v) is 9.38. The van der Waals surface area contributed by atoms with E-state index in [4.69, 9.17) is 0 Å². The lowest BCUT2D eigenvalue weighted by Gasteiger charge is -2.40. The summed E-state index contributed by atoms with van der Waals surface area (Å²) in [6.07, 6.45) is 2.98. The van der Waals surface area contributed by atoms with E-state index in [2.05, 4.69) is 18.7 Å². The first-order valence-corrected chi connectivity index (χ1v) is 6.01. The van der Waals surface area contributed by atoms with E-state index in [9.17, 15) is 4.39 Å². The molecule has 1 aliphatic carbocycles. The molecule has 2 heteroatoms. The summed E-state index contributed by atoms with van der Waals surface area (Å²) in [4.78, 5) is 2.31. The Morgan fingerprint density at radius 1 is 1.36 bits per heavy atom. The topological polar surface area (TPSA) is 3.24 Å². The molecular formula is C12H22FN. The van der Waals surface area contributed by atoms with E-state index in [1.807, 2.05) is 0 Å². The van der Waals surface area contributed by atoms with Crippen molar-refractivity contribution in [2.45, 2.75) is 39.3 Å². The van der Waals surface area contributed by atoms with Crippen molar-refractivity contribution in [2.75, 3.05) is 19.6 Å². The molecule has 0 amide bonds. The van der Waals surface area contributed by atoms with Crippen molar-refractivity contribution in [3.8, 4) is 0 Å². The van der Waals surface area contributed by atoms with E-state index < -0.39 is 6.17 Å². The number of nitrogens with zero attached hydrogens (tertiary/aromatic N) is 1. The van der Waals surface area contributed by atoms with Crippen molar-refractivity contribution in [2.24, 2.45) is 17.8 Å². The lowest BCUT2D eigenvalue weighted by Crippen LogP contribution is -2.37. The monoisotopic (exact) mass is 199 g/mol. The molecule has 2 rings (SSSR count). The Morgan fingerprint density at radius 2 is 2.07 bits per heavy atom. The number of rotatable bonds is 3. The van der Waals surface area contributed by atoms with Gasteiger partial charge < -0.3 is 4.90 Å². The summed E-state index contributed by atoms with van der Waals surface area (Å²) >= 11 is 0. The lowest BCUT2D eigenvalue weighted by molar-refractivity contribution is 0.102. The second kappa shape index (κ2) is 4.18. The van der Waals surface area contributed by atoms with E-state index in [0.717, 1.165) is 37.3 Å². The highest BCUT2D eigenvalue weighted by Crippen LogP contribution is 2.39. The molecule has 0 aromatic heterocycles. The van der Waals surface area contributed by atoms with E-state index >= 15 is 0 Å². The average molecular weight is 199 g/mol. The largest absolute Gasteiger partial charge is 0.300 e. The first-order chi connectivity index (χ1) is 6.65. The SMILES string of the molecule is CC(C)C1CC(CN2CC[C@@H](F)C2)C1. The third-order valence-electron chi connectivity index (χ3n) is 3.95. The van der Waals surface area contributed by atoms with Crippen molar-refractivity contribution < 1.29 is 4.39 Å². The number of halogens is 1. The van der Waals surface area contributed by atoms with Crippen LogP contribution in [0, 0.1) is 17.8 Å². The quantitative estimate of drug-likeness (QED) is 0.675. The maximum atomic E-state index is 12.9. The summed E-state index contributed by atoms with van der Waals surface area (Å²) < 4.78 is 12.9. The fraction of sp³-hybridized carbons (Fsp3) is 1.00. The Kier molecular flexibility index (Phi) is 3.10. The van der Waals surface area contributed by atoms with Gasteiger partial charge in [0.25, 0.3) is 0 Å². The highest BCUT2D eigenvalue weighted by atomic mass is 19.1. The highest BCUT2D eigenvalue weighted by Gasteiger charge is 2.33. The molecule has 0 N–H and O–H groups in total. The summed E-state index contributed by atoms with van der Waals surface area (Å²) in [5.74, 6) is 2.66. The van der Waals surface area contributed by atoms with Crippen LogP contribution in [0.1, 0.15) is 33.1 Å². The summed E-state index contributed by atoms with van der Waals surface area (Å²) in [5.41, 5.74) is 0. The predicted molar refractivity (Wildman–Crippen MR) is 57.0 cm³/mol. The predicted octanol–water partition coefficient (Wildman–Crippen LogP) is 2.71. The van der Waals surface area contributed by atoms with Gasteiger partial charge in [-0.1, -0.05) is 13.8 Å². The lowest BCUT2D eigenvalue weighted by atomic mass is 9.69. The molecule has 1 nitrogen and oxygen atoms in total. The van der Waals surface area contributed by atoms with Crippen LogP contribution in [0.3, 0.4) is 0 Å². The van der Waals surface area contributed by atoms with Crippen LogP contribution in [0.15, 0.2) is 0 Å². The van der Waals surface area contributed by atoms with Gasteiger partial charge in [-0.05, 0) is 37.0 Å². The summed E-state index contributed by atoms with van der Waals surface area (Å²) in [7, 11) is 0. The van der Waals surface area contributed by atoms with E-state index in [-0.39, 0.29) is 0 Å². The molecule has 0 radical (unpaired) electrons. The number of likely N-dealkylation sites (tertiary alicyclic amines) is 1. The summed E-state index contributed by atoms with van der Waals surface area (Å²) in [6.45, 7) is 7.47. The second-order valence-electron chi connectivity index (χ2n) is 5.49. The van der Waals surface area contributed by atoms with Gasteiger partial charge >= 0.3 is 0 Å². The molecule has 2 fully saturated rings. The molecule has 1 saturated heterocycles. The minimum Gasteiger partial charge on any atom is -0.300 e. The van der Waals surface area contributed by atoms with Gasteiger partial charge in [0, 0.05) is 19.6 Å². The van der Waals surface area contributed by atoms with Crippen molar-refractivity contribution >= 4 is 0 Å². The minimum absolute atomic E-state index is 0.545. The Hall–Kier alpha value is -0.110. The van der Waals surface area contributed by atoms with Gasteiger partial charge in [-0.15, -0.1) is 0 Å². The van der Waals surface area contributed by atoms with Gasteiger partial charge in [0.1, 0.15) is 6.17 Å². The van der Waals surface area contributed by atoms with Crippen molar-refractivity contribution in [1.29, 1.82) is 0 Å². The number of hydrogen-bond donors (Lipinski definition) is 0. The second-order valence-corrected chi connectivity index (χ2v) is 5.49. The molecule has 1 aliphatic heterocycles. The van der Waals surface area contributed by atoms with Crippen molar-refractivity contribution in [3.05, 3.63) is 0 Å². The van der Waals surface area contributed by atoms with E-state index in [1.165, 1.54) is 12.8 Å². The Balaban J connectivity index is 1.64. The number of hydrogen-bond acceptors (Lipinski definition) is 1. The van der Waals surface area contributed by atoms with E-state index in [1.54, 1.807) is 0 Å². The molecule has 0 aromatic carbocycles. The van der Waals surface area contributed by atoms with Crippen LogP contribution >= 0.6 is 0 Å². The van der Waals surface area contributed by atoms with Crippen molar-refractivity contribution in [3.63, 3.8) is 0 Å². The molecule has 1 saturated carbocycles. The first-order valence-electron chi connectivity index (χ1n) is 6.01. The maximum absolute atomic E-state index is 12.9. The van der Waals surface area contributed by atoms with E-state index in [0.29, 0.717) is 6.54 Å². The summed E-state index contributed by atoms with van der Waals surface area (Å²) in [5, 5.41) is 0. The van der Waals surface area contributed by atoms with Crippen LogP contribution < -0.4 is 0 Å². The van der Waals surface area contributed by atoms with Crippen LogP contribution in [0.5, 0.6) is 0 Å². The summed E-state index contributed by atoms with van der Waals surface area (Å²) in [6, 6.07) is 0. The smallest absolute Gasteiger partial charge is 0.114 e. The van der Waals surface area contributed by atoms with Crippen LogP contribution in [0.2, 0.25) is 0 Å². The molecule has 0 spiro atoms. The molecule has 0 aromatic rings. The third-order valence-corrected chi connectivity index (χ3v) is 3.95. The van der Waals surface area contributed by atoms with Gasteiger partial charge in [-0.3, -0.25) is 0 Å². The van der Waals surface area contributed by atoms with Gasteiger partial charge in [0.2, 0.25) is 0 Å². The third kappa shape index (κ3) is 2.28. The standard InChI is InChI=1S/C12H22FN/c1-9(2)11-5-10(6-11)7-14-4-3-12(13)8-14/h9-12H,3-8H2,1-2H3/t10?,11?,12-/m1/s1. The molecule has 2 aliphatic rings. The van der Waals surface area contributed by atoms with Crippen LogP contribution in [-0.4, -0.2) is 30.7 Å². The Morgan fingerprint density at radius 3 is 2.57 bits per heavy atom. The Labute approximate surface area is 86.7 Å². The molecular weight excluding hydrogens is 177 g/mol. The van der Waals surface area contributed by atoms with Gasteiger partial charge in [-0.2, -0.15) is 0 Å². The fourth-order valence-corrected chi connectivity index (χ4v) is 2.80. The Bertz CT molecular complexity index is 187. The molecule has 1 atom stereocenters. The fourth-order valence-electron chi connectivity index (χ4n) is 2.80. The molecule has 14 heavy (non-hydrogen) atoms. The van der Waals surface area contributed by atoms with Crippen molar-refractivity contribution in [1.82, 2.24) is 4.90 Å².